The zero-order valence-electron chi connectivity index (χ0n) is 12.7. The molecule has 0 unspecified atom stereocenters. The number of hydrogen-bond acceptors (Lipinski definition) is 4. The molecule has 2 aromatic carbocycles. The van der Waals surface area contributed by atoms with Gasteiger partial charge < -0.3 is 9.84 Å². The molecule has 0 spiro atoms. The first kappa shape index (κ1) is 16.8. The zero-order valence-corrected chi connectivity index (χ0v) is 13.6. The Kier molecular flexibility index (Phi) is 4.90. The summed E-state index contributed by atoms with van der Waals surface area (Å²) in [6.07, 6.45) is 0. The molecule has 2 aromatic rings. The maximum absolute atomic E-state index is 12.4. The number of carbonyl (C=O) groups is 1. The lowest BCUT2D eigenvalue weighted by Crippen LogP contribution is -2.14. The summed E-state index contributed by atoms with van der Waals surface area (Å²) >= 11 is 0. The Balaban J connectivity index is 2.40. The van der Waals surface area contributed by atoms with Crippen molar-refractivity contribution in [2.24, 2.45) is 0 Å². The van der Waals surface area contributed by atoms with Crippen LogP contribution < -0.4 is 9.46 Å². The van der Waals surface area contributed by atoms with E-state index < -0.39 is 16.0 Å². The fraction of sp³-hybridized carbons (Fsp3) is 0.188. The maximum atomic E-state index is 12.4. The minimum atomic E-state index is -3.89. The van der Waals surface area contributed by atoms with Crippen LogP contribution in [0.3, 0.4) is 0 Å². The maximum Gasteiger partial charge on any atom is 0.339 e. The summed E-state index contributed by atoms with van der Waals surface area (Å²) < 4.78 is 32.5. The van der Waals surface area contributed by atoms with Crippen LogP contribution >= 0.6 is 0 Å². The lowest BCUT2D eigenvalue weighted by atomic mass is 10.2. The van der Waals surface area contributed by atoms with Crippen molar-refractivity contribution >= 4 is 21.7 Å². The number of carboxylic acid groups (broad SMARTS) is 1. The van der Waals surface area contributed by atoms with E-state index in [0.29, 0.717) is 5.69 Å². The number of rotatable bonds is 6. The predicted molar refractivity (Wildman–Crippen MR) is 86.6 cm³/mol. The van der Waals surface area contributed by atoms with Crippen LogP contribution in [0.1, 0.15) is 22.8 Å². The topological polar surface area (TPSA) is 92.7 Å². The van der Waals surface area contributed by atoms with Crippen molar-refractivity contribution in [2.45, 2.75) is 18.7 Å². The van der Waals surface area contributed by atoms with E-state index in [9.17, 15) is 18.3 Å². The minimum Gasteiger partial charge on any atom is -0.493 e. The number of hydrogen-bond donors (Lipinski definition) is 2. The molecule has 2 N–H and O–H groups in total. The highest BCUT2D eigenvalue weighted by molar-refractivity contribution is 7.92. The smallest absolute Gasteiger partial charge is 0.339 e. The second-order valence-electron chi connectivity index (χ2n) is 4.87. The van der Waals surface area contributed by atoms with Crippen molar-refractivity contribution < 1.29 is 23.1 Å². The van der Waals surface area contributed by atoms with Gasteiger partial charge in [0.1, 0.15) is 11.3 Å². The van der Waals surface area contributed by atoms with E-state index in [1.54, 1.807) is 25.1 Å². The predicted octanol–water partition coefficient (Wildman–Crippen LogP) is 2.89. The summed E-state index contributed by atoms with van der Waals surface area (Å²) in [6.45, 7) is 3.85. The van der Waals surface area contributed by atoms with Crippen molar-refractivity contribution in [3.05, 3.63) is 53.6 Å². The SMILES string of the molecule is CCOc1ccc(S(=O)(=O)Nc2cccc(C)c2)cc1C(=O)O. The van der Waals surface area contributed by atoms with Crippen LogP contribution in [0.15, 0.2) is 47.4 Å². The fourth-order valence-electron chi connectivity index (χ4n) is 2.05. The van der Waals surface area contributed by atoms with Crippen LogP contribution in [0.2, 0.25) is 0 Å². The first-order chi connectivity index (χ1) is 10.8. The first-order valence-corrected chi connectivity index (χ1v) is 8.41. The molecule has 0 saturated heterocycles. The van der Waals surface area contributed by atoms with E-state index in [2.05, 4.69) is 4.72 Å². The molecule has 0 bridgehead atoms. The summed E-state index contributed by atoms with van der Waals surface area (Å²) in [4.78, 5) is 11.1. The summed E-state index contributed by atoms with van der Waals surface area (Å²) in [5.74, 6) is -1.12. The third-order valence-corrected chi connectivity index (χ3v) is 4.44. The van der Waals surface area contributed by atoms with Gasteiger partial charge in [0.2, 0.25) is 0 Å². The van der Waals surface area contributed by atoms with Gasteiger partial charge >= 0.3 is 5.97 Å². The van der Waals surface area contributed by atoms with Gasteiger partial charge in [0.25, 0.3) is 10.0 Å². The van der Waals surface area contributed by atoms with Crippen LogP contribution in [0.5, 0.6) is 5.75 Å². The number of nitrogens with one attached hydrogen (secondary N) is 1. The Morgan fingerprint density at radius 1 is 1.22 bits per heavy atom. The van der Waals surface area contributed by atoms with Crippen molar-refractivity contribution in [3.8, 4) is 5.75 Å². The van der Waals surface area contributed by atoms with Crippen LogP contribution in [0.25, 0.3) is 0 Å². The second kappa shape index (κ2) is 6.70. The van der Waals surface area contributed by atoms with E-state index in [1.165, 1.54) is 12.1 Å². The molecule has 0 radical (unpaired) electrons. The van der Waals surface area contributed by atoms with Gasteiger partial charge in [0, 0.05) is 5.69 Å². The van der Waals surface area contributed by atoms with Gasteiger partial charge in [-0.15, -0.1) is 0 Å². The monoisotopic (exact) mass is 335 g/mol. The molecule has 23 heavy (non-hydrogen) atoms. The molecule has 0 aromatic heterocycles. The Labute approximate surface area is 134 Å². The van der Waals surface area contributed by atoms with E-state index in [1.807, 2.05) is 13.0 Å². The van der Waals surface area contributed by atoms with Gasteiger partial charge in [0.15, 0.2) is 0 Å². The molecule has 0 saturated carbocycles. The molecule has 122 valence electrons. The largest absolute Gasteiger partial charge is 0.493 e. The third-order valence-electron chi connectivity index (χ3n) is 3.06. The summed E-state index contributed by atoms with van der Waals surface area (Å²) in [7, 11) is -3.89. The summed E-state index contributed by atoms with van der Waals surface area (Å²) in [5, 5.41) is 9.21. The standard InChI is InChI=1S/C16H17NO5S/c1-3-22-15-8-7-13(10-14(15)16(18)19)23(20,21)17-12-6-4-5-11(2)9-12/h4-10,17H,3H2,1-2H3,(H,18,19). The highest BCUT2D eigenvalue weighted by Crippen LogP contribution is 2.24. The van der Waals surface area contributed by atoms with E-state index >= 15 is 0 Å². The molecular weight excluding hydrogens is 318 g/mol. The van der Waals surface area contributed by atoms with Crippen molar-refractivity contribution in [1.29, 1.82) is 0 Å². The Morgan fingerprint density at radius 3 is 2.57 bits per heavy atom. The lowest BCUT2D eigenvalue weighted by Gasteiger charge is -2.11. The van der Waals surface area contributed by atoms with Crippen molar-refractivity contribution in [2.75, 3.05) is 11.3 Å². The Bertz CT molecular complexity index is 830. The number of anilines is 1. The summed E-state index contributed by atoms with van der Waals surface area (Å²) in [5.41, 5.74) is 1.12. The fourth-order valence-corrected chi connectivity index (χ4v) is 3.12. The minimum absolute atomic E-state index is 0.134. The van der Waals surface area contributed by atoms with Crippen LogP contribution in [-0.4, -0.2) is 26.1 Å². The molecule has 6 nitrogen and oxygen atoms in total. The number of ether oxygens (including phenoxy) is 1. The average molecular weight is 335 g/mol. The summed E-state index contributed by atoms with van der Waals surface area (Å²) in [6, 6.07) is 10.6. The first-order valence-electron chi connectivity index (χ1n) is 6.93. The number of sulfonamides is 1. The van der Waals surface area contributed by atoms with E-state index in [4.69, 9.17) is 4.74 Å². The highest BCUT2D eigenvalue weighted by atomic mass is 32.2. The molecule has 0 aliphatic heterocycles. The number of benzene rings is 2. The Hall–Kier alpha value is -2.54. The van der Waals surface area contributed by atoms with Crippen LogP contribution in [0, 0.1) is 6.92 Å². The van der Waals surface area contributed by atoms with Gasteiger partial charge in [-0.25, -0.2) is 13.2 Å². The highest BCUT2D eigenvalue weighted by Gasteiger charge is 2.19. The number of aromatic carboxylic acids is 1. The van der Waals surface area contributed by atoms with Crippen molar-refractivity contribution in [1.82, 2.24) is 0 Å². The lowest BCUT2D eigenvalue weighted by molar-refractivity contribution is 0.0692. The van der Waals surface area contributed by atoms with Crippen molar-refractivity contribution in [3.63, 3.8) is 0 Å². The molecule has 0 fully saturated rings. The van der Waals surface area contributed by atoms with Gasteiger partial charge in [-0.3, -0.25) is 4.72 Å². The van der Waals surface area contributed by atoms with Crippen LogP contribution in [-0.2, 0) is 10.0 Å². The van der Waals surface area contributed by atoms with E-state index in [0.717, 1.165) is 11.6 Å². The van der Waals surface area contributed by atoms with Crippen LogP contribution in [0.4, 0.5) is 5.69 Å². The van der Waals surface area contributed by atoms with Gasteiger partial charge in [-0.05, 0) is 49.7 Å². The normalized spacial score (nSPS) is 11.0. The molecule has 0 amide bonds. The Morgan fingerprint density at radius 2 is 1.96 bits per heavy atom. The molecule has 0 aliphatic carbocycles. The van der Waals surface area contributed by atoms with E-state index in [-0.39, 0.29) is 22.8 Å². The second-order valence-corrected chi connectivity index (χ2v) is 6.55. The molecule has 0 atom stereocenters. The van der Waals surface area contributed by atoms with Gasteiger partial charge in [-0.2, -0.15) is 0 Å². The van der Waals surface area contributed by atoms with Gasteiger partial charge in [0.05, 0.1) is 11.5 Å². The zero-order chi connectivity index (χ0) is 17.0. The molecule has 7 heteroatoms. The third kappa shape index (κ3) is 4.01. The quantitative estimate of drug-likeness (QED) is 0.847. The van der Waals surface area contributed by atoms with Gasteiger partial charge in [-0.1, -0.05) is 12.1 Å². The molecule has 2 rings (SSSR count). The molecular formula is C16H17NO5S. The molecule has 0 aliphatic rings. The number of carboxylic acids is 1. The average Bonchev–Trinajstić information content (AvgIpc) is 2.47. The number of aryl methyl sites for hydroxylation is 1. The molecule has 0 heterocycles.